The molecule has 1 aliphatic heterocycles. The van der Waals surface area contributed by atoms with E-state index >= 15 is 0 Å². The first-order valence-corrected chi connectivity index (χ1v) is 7.37. The number of hydrogen-bond acceptors (Lipinski definition) is 3. The molecule has 0 saturated carbocycles. The molecule has 1 saturated heterocycles. The molecule has 3 nitrogen and oxygen atoms in total. The van der Waals surface area contributed by atoms with Gasteiger partial charge in [0.2, 0.25) is 0 Å². The Morgan fingerprint density at radius 2 is 2.15 bits per heavy atom. The molecule has 2 N–H and O–H groups in total. The fraction of sp³-hybridized carbons (Fsp3) is 0.600. The van der Waals surface area contributed by atoms with Crippen LogP contribution < -0.4 is 5.73 Å². The Bertz CT molecular complexity index is 466. The van der Waals surface area contributed by atoms with E-state index in [9.17, 15) is 4.39 Å². The summed E-state index contributed by atoms with van der Waals surface area (Å²) in [6.45, 7) is 4.75. The van der Waals surface area contributed by atoms with Crippen molar-refractivity contribution in [1.29, 1.82) is 0 Å². The summed E-state index contributed by atoms with van der Waals surface area (Å²) in [6, 6.07) is 5.53. The van der Waals surface area contributed by atoms with Crippen LogP contribution in [0.4, 0.5) is 4.39 Å². The van der Waals surface area contributed by atoms with Crippen molar-refractivity contribution in [3.63, 3.8) is 0 Å². The van der Waals surface area contributed by atoms with Gasteiger partial charge in [-0.3, -0.25) is 4.90 Å². The van der Waals surface area contributed by atoms with Gasteiger partial charge >= 0.3 is 0 Å². The molecule has 0 aromatic heterocycles. The number of halogens is 2. The van der Waals surface area contributed by atoms with Crippen LogP contribution in [0.15, 0.2) is 18.2 Å². The second kappa shape index (κ2) is 6.39. The summed E-state index contributed by atoms with van der Waals surface area (Å²) in [4.78, 5) is 4.63. The largest absolute Gasteiger partial charge is 0.329 e. The highest BCUT2D eigenvalue weighted by Gasteiger charge is 2.34. The maximum absolute atomic E-state index is 13.3. The lowest BCUT2D eigenvalue weighted by Gasteiger charge is -2.28. The number of hydrogen-bond donors (Lipinski definition) is 1. The normalized spacial score (nSPS) is 25.4. The van der Waals surface area contributed by atoms with Gasteiger partial charge in [0.25, 0.3) is 0 Å². The zero-order valence-electron chi connectivity index (χ0n) is 12.3. The van der Waals surface area contributed by atoms with E-state index in [1.54, 1.807) is 12.1 Å². The van der Waals surface area contributed by atoms with Gasteiger partial charge in [-0.15, -0.1) is 0 Å². The van der Waals surface area contributed by atoms with Crippen molar-refractivity contribution < 1.29 is 4.39 Å². The second-order valence-corrected chi connectivity index (χ2v) is 6.29. The quantitative estimate of drug-likeness (QED) is 0.926. The molecule has 1 aromatic rings. The van der Waals surface area contributed by atoms with Crippen LogP contribution in [0, 0.1) is 11.7 Å². The molecule has 1 aromatic carbocycles. The summed E-state index contributed by atoms with van der Waals surface area (Å²) in [7, 11) is 4.22. The lowest BCUT2D eigenvalue weighted by molar-refractivity contribution is 0.219. The lowest BCUT2D eigenvalue weighted by atomic mass is 10.1. The molecule has 5 heteroatoms. The van der Waals surface area contributed by atoms with Gasteiger partial charge < -0.3 is 10.6 Å². The molecule has 3 unspecified atom stereocenters. The maximum Gasteiger partial charge on any atom is 0.141 e. The Hall–Kier alpha value is -0.680. The summed E-state index contributed by atoms with van der Waals surface area (Å²) in [5, 5.41) is 0.164. The highest BCUT2D eigenvalue weighted by atomic mass is 35.5. The van der Waals surface area contributed by atoms with Crippen LogP contribution in [0.3, 0.4) is 0 Å². The highest BCUT2D eigenvalue weighted by molar-refractivity contribution is 6.30. The van der Waals surface area contributed by atoms with E-state index in [0.29, 0.717) is 18.5 Å². The van der Waals surface area contributed by atoms with E-state index in [-0.39, 0.29) is 16.9 Å². The van der Waals surface area contributed by atoms with Crippen molar-refractivity contribution in [3.8, 4) is 0 Å². The van der Waals surface area contributed by atoms with Crippen LogP contribution in [0.2, 0.25) is 5.02 Å². The standard InChI is InChI=1S/C15H23ClFN3/c1-10-8-20(9-15(10)19(2)3)14(7-18)11-4-5-13(17)12(16)6-11/h4-6,10,14-15H,7-9,18H2,1-3H3. The second-order valence-electron chi connectivity index (χ2n) is 5.89. The topological polar surface area (TPSA) is 32.5 Å². The molecule has 1 heterocycles. The van der Waals surface area contributed by atoms with E-state index in [1.165, 1.54) is 6.07 Å². The van der Waals surface area contributed by atoms with E-state index < -0.39 is 0 Å². The third-order valence-electron chi connectivity index (χ3n) is 4.26. The van der Waals surface area contributed by atoms with E-state index in [4.69, 9.17) is 17.3 Å². The number of nitrogens with zero attached hydrogens (tertiary/aromatic N) is 2. The van der Waals surface area contributed by atoms with Gasteiger partial charge in [-0.05, 0) is 37.7 Å². The van der Waals surface area contributed by atoms with Crippen molar-refractivity contribution in [2.24, 2.45) is 11.7 Å². The van der Waals surface area contributed by atoms with Crippen molar-refractivity contribution in [3.05, 3.63) is 34.6 Å². The number of likely N-dealkylation sites (N-methyl/N-ethyl adjacent to an activating group) is 1. The van der Waals surface area contributed by atoms with E-state index in [0.717, 1.165) is 18.7 Å². The van der Waals surface area contributed by atoms with Crippen LogP contribution in [-0.4, -0.2) is 49.6 Å². The monoisotopic (exact) mass is 299 g/mol. The molecule has 0 amide bonds. The first-order chi connectivity index (χ1) is 9.43. The molecule has 1 aliphatic rings. The molecule has 3 atom stereocenters. The van der Waals surface area contributed by atoms with Crippen LogP contribution in [0.25, 0.3) is 0 Å². The average Bonchev–Trinajstić information content (AvgIpc) is 2.77. The summed E-state index contributed by atoms with van der Waals surface area (Å²) >= 11 is 5.89. The predicted molar refractivity (Wildman–Crippen MR) is 81.4 cm³/mol. The third-order valence-corrected chi connectivity index (χ3v) is 4.55. The van der Waals surface area contributed by atoms with E-state index in [1.807, 2.05) is 0 Å². The van der Waals surface area contributed by atoms with E-state index in [2.05, 4.69) is 30.8 Å². The summed E-state index contributed by atoms with van der Waals surface area (Å²) in [5.41, 5.74) is 6.94. The first kappa shape index (κ1) is 15.7. The molecular formula is C15H23ClFN3. The van der Waals surface area contributed by atoms with Crippen molar-refractivity contribution >= 4 is 11.6 Å². The Kier molecular flexibility index (Phi) is 5.02. The number of likely N-dealkylation sites (tertiary alicyclic amines) is 1. The number of nitrogens with two attached hydrogens (primary N) is 1. The SMILES string of the molecule is CC1CN(C(CN)c2ccc(F)c(Cl)c2)CC1N(C)C. The minimum atomic E-state index is -0.382. The predicted octanol–water partition coefficient (Wildman–Crippen LogP) is 2.36. The van der Waals surface area contributed by atoms with Crippen LogP contribution >= 0.6 is 11.6 Å². The molecule has 0 aliphatic carbocycles. The molecule has 2 rings (SSSR count). The minimum absolute atomic E-state index is 0.0977. The van der Waals surface area contributed by atoms with Gasteiger partial charge in [0.1, 0.15) is 5.82 Å². The van der Waals surface area contributed by atoms with Crippen LogP contribution in [0.5, 0.6) is 0 Å². The Balaban J connectivity index is 2.18. The van der Waals surface area contributed by atoms with Gasteiger partial charge in [0.15, 0.2) is 0 Å². The van der Waals surface area contributed by atoms with Crippen LogP contribution in [-0.2, 0) is 0 Å². The fourth-order valence-electron chi connectivity index (χ4n) is 3.13. The molecule has 1 fully saturated rings. The lowest BCUT2D eigenvalue weighted by Crippen LogP contribution is -2.36. The summed E-state index contributed by atoms with van der Waals surface area (Å²) in [6.07, 6.45) is 0. The summed E-state index contributed by atoms with van der Waals surface area (Å²) in [5.74, 6) is 0.210. The smallest absolute Gasteiger partial charge is 0.141 e. The van der Waals surface area contributed by atoms with Crippen molar-refractivity contribution in [2.45, 2.75) is 19.0 Å². The first-order valence-electron chi connectivity index (χ1n) is 6.99. The van der Waals surface area contributed by atoms with Crippen molar-refractivity contribution in [1.82, 2.24) is 9.80 Å². The molecule has 112 valence electrons. The fourth-order valence-corrected chi connectivity index (χ4v) is 3.32. The zero-order chi connectivity index (χ0) is 14.9. The van der Waals surface area contributed by atoms with Gasteiger partial charge in [-0.2, -0.15) is 0 Å². The Morgan fingerprint density at radius 3 is 2.65 bits per heavy atom. The maximum atomic E-state index is 13.3. The highest BCUT2D eigenvalue weighted by Crippen LogP contribution is 2.30. The number of rotatable bonds is 4. The zero-order valence-corrected chi connectivity index (χ0v) is 13.1. The molecule has 0 bridgehead atoms. The molecule has 0 spiro atoms. The summed E-state index contributed by atoms with van der Waals surface area (Å²) < 4.78 is 13.3. The van der Waals surface area contributed by atoms with Crippen LogP contribution in [0.1, 0.15) is 18.5 Å². The van der Waals surface area contributed by atoms with Gasteiger partial charge in [0.05, 0.1) is 5.02 Å². The molecule has 0 radical (unpaired) electrons. The van der Waals surface area contributed by atoms with Gasteiger partial charge in [-0.25, -0.2) is 4.39 Å². The Morgan fingerprint density at radius 1 is 1.45 bits per heavy atom. The molecular weight excluding hydrogens is 277 g/mol. The average molecular weight is 300 g/mol. The van der Waals surface area contributed by atoms with Crippen molar-refractivity contribution in [2.75, 3.05) is 33.7 Å². The Labute approximate surface area is 125 Å². The third kappa shape index (κ3) is 3.14. The van der Waals surface area contributed by atoms with Gasteiger partial charge in [0, 0.05) is 31.7 Å². The minimum Gasteiger partial charge on any atom is -0.329 e. The van der Waals surface area contributed by atoms with Gasteiger partial charge in [-0.1, -0.05) is 24.6 Å². The number of benzene rings is 1. The molecule has 20 heavy (non-hydrogen) atoms.